The van der Waals surface area contributed by atoms with Crippen LogP contribution in [0.4, 0.5) is 11.4 Å². The third-order valence-corrected chi connectivity index (χ3v) is 3.82. The molecule has 1 N–H and O–H groups in total. The molecule has 0 aliphatic carbocycles. The molecule has 122 valence electrons. The van der Waals surface area contributed by atoms with Crippen molar-refractivity contribution in [2.75, 3.05) is 5.32 Å². The molecule has 1 heterocycles. The van der Waals surface area contributed by atoms with Crippen molar-refractivity contribution in [1.82, 2.24) is 0 Å². The molecule has 24 heavy (non-hydrogen) atoms. The Hall–Kier alpha value is -3.22. The second-order valence-corrected chi connectivity index (χ2v) is 5.42. The normalized spacial score (nSPS) is 19.6. The van der Waals surface area contributed by atoms with Gasteiger partial charge in [-0.15, -0.1) is 0 Å². The van der Waals surface area contributed by atoms with Gasteiger partial charge < -0.3 is 10.1 Å². The predicted octanol–water partition coefficient (Wildman–Crippen LogP) is 2.84. The highest BCUT2D eigenvalue weighted by Crippen LogP contribution is 2.36. The summed E-state index contributed by atoms with van der Waals surface area (Å²) < 4.78 is 5.28. The third kappa shape index (κ3) is 3.24. The number of benzene rings is 2. The van der Waals surface area contributed by atoms with Crippen molar-refractivity contribution in [3.8, 4) is 0 Å². The number of esters is 1. The summed E-state index contributed by atoms with van der Waals surface area (Å²) in [7, 11) is 0. The molecule has 1 amide bonds. The van der Waals surface area contributed by atoms with Gasteiger partial charge in [0.15, 0.2) is 0 Å². The van der Waals surface area contributed by atoms with E-state index in [1.165, 1.54) is 24.3 Å². The number of nitro benzene ring substituents is 1. The molecule has 0 radical (unpaired) electrons. The lowest BCUT2D eigenvalue weighted by Crippen LogP contribution is -2.25. The number of hydrogen-bond acceptors (Lipinski definition) is 5. The highest BCUT2D eigenvalue weighted by molar-refractivity contribution is 5.96. The van der Waals surface area contributed by atoms with Crippen LogP contribution in [0.15, 0.2) is 54.6 Å². The highest BCUT2D eigenvalue weighted by atomic mass is 16.6. The second kappa shape index (κ2) is 6.49. The molecule has 1 aliphatic rings. The summed E-state index contributed by atoms with van der Waals surface area (Å²) in [5.41, 5.74) is 1.12. The maximum absolute atomic E-state index is 12.5. The van der Waals surface area contributed by atoms with Crippen LogP contribution in [0.1, 0.15) is 18.1 Å². The summed E-state index contributed by atoms with van der Waals surface area (Å²) >= 11 is 0. The summed E-state index contributed by atoms with van der Waals surface area (Å²) in [6.45, 7) is 0. The van der Waals surface area contributed by atoms with Crippen LogP contribution in [0.25, 0.3) is 0 Å². The van der Waals surface area contributed by atoms with Gasteiger partial charge in [0.25, 0.3) is 5.69 Å². The molecule has 1 saturated heterocycles. The van der Waals surface area contributed by atoms with Crippen molar-refractivity contribution in [1.29, 1.82) is 0 Å². The standard InChI is InChI=1S/C17H14N2O5/c20-15-10-14(16(24-15)11-4-2-1-3-5-11)17(21)18-12-6-8-13(9-7-12)19(22)23/h1-9,14,16H,10H2,(H,18,21)/t14-,16-/m1/s1. The zero-order valence-electron chi connectivity index (χ0n) is 12.5. The van der Waals surface area contributed by atoms with Crippen LogP contribution in [0.5, 0.6) is 0 Å². The van der Waals surface area contributed by atoms with Crippen LogP contribution in [0.2, 0.25) is 0 Å². The fraction of sp³-hybridized carbons (Fsp3) is 0.176. The van der Waals surface area contributed by atoms with Gasteiger partial charge in [0, 0.05) is 17.8 Å². The van der Waals surface area contributed by atoms with Crippen LogP contribution in [-0.4, -0.2) is 16.8 Å². The van der Waals surface area contributed by atoms with E-state index in [4.69, 9.17) is 4.74 Å². The number of amides is 1. The fourth-order valence-corrected chi connectivity index (χ4v) is 2.63. The molecule has 7 heteroatoms. The van der Waals surface area contributed by atoms with Crippen LogP contribution in [0, 0.1) is 16.0 Å². The number of rotatable bonds is 4. The Morgan fingerprint density at radius 2 is 1.79 bits per heavy atom. The molecule has 0 bridgehead atoms. The average Bonchev–Trinajstić information content (AvgIpc) is 2.98. The van der Waals surface area contributed by atoms with Gasteiger partial charge in [-0.1, -0.05) is 30.3 Å². The summed E-state index contributed by atoms with van der Waals surface area (Å²) in [6.07, 6.45) is -0.630. The van der Waals surface area contributed by atoms with Gasteiger partial charge in [0.1, 0.15) is 6.10 Å². The lowest BCUT2D eigenvalue weighted by atomic mass is 9.94. The zero-order valence-corrected chi connectivity index (χ0v) is 12.5. The Morgan fingerprint density at radius 3 is 2.42 bits per heavy atom. The van der Waals surface area contributed by atoms with Crippen molar-refractivity contribution in [3.05, 3.63) is 70.3 Å². The minimum atomic E-state index is -0.643. The van der Waals surface area contributed by atoms with Gasteiger partial charge >= 0.3 is 5.97 Å². The molecule has 2 aromatic carbocycles. The molecule has 0 aromatic heterocycles. The first-order chi connectivity index (χ1) is 11.5. The molecule has 0 saturated carbocycles. The zero-order chi connectivity index (χ0) is 17.1. The van der Waals surface area contributed by atoms with Crippen LogP contribution in [0.3, 0.4) is 0 Å². The topological polar surface area (TPSA) is 98.5 Å². The lowest BCUT2D eigenvalue weighted by molar-refractivity contribution is -0.384. The van der Waals surface area contributed by atoms with E-state index in [-0.39, 0.29) is 18.0 Å². The Kier molecular flexibility index (Phi) is 4.24. The number of cyclic esters (lactones) is 1. The Bertz CT molecular complexity index is 773. The van der Waals surface area contributed by atoms with Crippen molar-refractivity contribution >= 4 is 23.3 Å². The minimum absolute atomic E-state index is 0.00161. The molecule has 3 rings (SSSR count). The molecular formula is C17H14N2O5. The van der Waals surface area contributed by atoms with E-state index < -0.39 is 22.9 Å². The van der Waals surface area contributed by atoms with Crippen LogP contribution in [-0.2, 0) is 14.3 Å². The first-order valence-electron chi connectivity index (χ1n) is 7.34. The summed E-state index contributed by atoms with van der Waals surface area (Å²) in [5.74, 6) is -1.42. The van der Waals surface area contributed by atoms with Gasteiger partial charge in [0.2, 0.25) is 5.91 Å². The smallest absolute Gasteiger partial charge is 0.307 e. The van der Waals surface area contributed by atoms with Gasteiger partial charge in [-0.3, -0.25) is 19.7 Å². The SMILES string of the molecule is O=C1C[C@@H](C(=O)Nc2ccc([N+](=O)[O-])cc2)[C@@H](c2ccccc2)O1. The average molecular weight is 326 g/mol. The Balaban J connectivity index is 1.75. The molecule has 7 nitrogen and oxygen atoms in total. The molecule has 2 aromatic rings. The third-order valence-electron chi connectivity index (χ3n) is 3.82. The van der Waals surface area contributed by atoms with E-state index in [0.29, 0.717) is 5.69 Å². The van der Waals surface area contributed by atoms with Crippen molar-refractivity contribution < 1.29 is 19.2 Å². The largest absolute Gasteiger partial charge is 0.457 e. The lowest BCUT2D eigenvalue weighted by Gasteiger charge is -2.17. The quantitative estimate of drug-likeness (QED) is 0.529. The van der Waals surface area contributed by atoms with Crippen molar-refractivity contribution in [3.63, 3.8) is 0 Å². The highest BCUT2D eigenvalue weighted by Gasteiger charge is 2.40. The minimum Gasteiger partial charge on any atom is -0.457 e. The number of nitrogens with one attached hydrogen (secondary N) is 1. The van der Waals surface area contributed by atoms with Crippen molar-refractivity contribution in [2.45, 2.75) is 12.5 Å². The molecular weight excluding hydrogens is 312 g/mol. The second-order valence-electron chi connectivity index (χ2n) is 5.42. The number of nitro groups is 1. The maximum Gasteiger partial charge on any atom is 0.307 e. The van der Waals surface area contributed by atoms with E-state index in [9.17, 15) is 19.7 Å². The first kappa shape index (κ1) is 15.7. The number of carbonyl (C=O) groups excluding carboxylic acids is 2. The van der Waals surface area contributed by atoms with E-state index >= 15 is 0 Å². The molecule has 2 atom stereocenters. The summed E-state index contributed by atoms with van der Waals surface area (Å²) in [5, 5.41) is 13.3. The van der Waals surface area contributed by atoms with Gasteiger partial charge in [0.05, 0.1) is 17.3 Å². The van der Waals surface area contributed by atoms with E-state index in [0.717, 1.165) is 5.56 Å². The predicted molar refractivity (Wildman–Crippen MR) is 85.1 cm³/mol. The van der Waals surface area contributed by atoms with Gasteiger partial charge in [-0.05, 0) is 17.7 Å². The molecule has 1 aliphatic heterocycles. The van der Waals surface area contributed by atoms with Gasteiger partial charge in [-0.25, -0.2) is 0 Å². The van der Waals surface area contributed by atoms with Gasteiger partial charge in [-0.2, -0.15) is 0 Å². The summed E-state index contributed by atoms with van der Waals surface area (Å²) in [4.78, 5) is 34.3. The van der Waals surface area contributed by atoms with Crippen LogP contribution < -0.4 is 5.32 Å². The van der Waals surface area contributed by atoms with Crippen LogP contribution >= 0.6 is 0 Å². The Labute approximate surface area is 137 Å². The number of hydrogen-bond donors (Lipinski definition) is 1. The number of anilines is 1. The van der Waals surface area contributed by atoms with E-state index in [2.05, 4.69) is 5.32 Å². The number of non-ortho nitro benzene ring substituents is 1. The number of carbonyl (C=O) groups is 2. The van der Waals surface area contributed by atoms with Crippen molar-refractivity contribution in [2.24, 2.45) is 5.92 Å². The number of nitrogens with zero attached hydrogens (tertiary/aromatic N) is 1. The maximum atomic E-state index is 12.5. The first-order valence-corrected chi connectivity index (χ1v) is 7.34. The number of ether oxygens (including phenoxy) is 1. The molecule has 0 spiro atoms. The summed E-state index contributed by atoms with van der Waals surface area (Å²) in [6, 6.07) is 14.6. The Morgan fingerprint density at radius 1 is 1.12 bits per heavy atom. The van der Waals surface area contributed by atoms with E-state index in [1.54, 1.807) is 12.1 Å². The van der Waals surface area contributed by atoms with E-state index in [1.807, 2.05) is 18.2 Å². The fourth-order valence-electron chi connectivity index (χ4n) is 2.63. The monoisotopic (exact) mass is 326 g/mol. The molecule has 0 unspecified atom stereocenters. The molecule has 1 fully saturated rings.